The topological polar surface area (TPSA) is 38.3 Å². The lowest BCUT2D eigenvalue weighted by Crippen LogP contribution is -2.19. The van der Waals surface area contributed by atoms with Gasteiger partial charge in [0, 0.05) is 13.5 Å². The molecule has 1 aromatic carbocycles. The van der Waals surface area contributed by atoms with E-state index in [9.17, 15) is 13.6 Å². The van der Waals surface area contributed by atoms with Gasteiger partial charge in [0.1, 0.15) is 5.75 Å². The van der Waals surface area contributed by atoms with Gasteiger partial charge in [-0.1, -0.05) is 24.3 Å². The number of alkyl halides is 2. The molecule has 1 amide bonds. The minimum atomic E-state index is -2.83. The number of rotatable bonds is 5. The Morgan fingerprint density at radius 3 is 2.94 bits per heavy atom. The first-order valence-corrected chi connectivity index (χ1v) is 5.04. The maximum absolute atomic E-state index is 12.0. The molecule has 1 rings (SSSR count). The molecular weight excluding hydrogens is 228 g/mol. The van der Waals surface area contributed by atoms with Crippen molar-refractivity contribution in [1.82, 2.24) is 5.32 Å². The van der Waals surface area contributed by atoms with Crippen molar-refractivity contribution < 1.29 is 18.3 Å². The molecule has 17 heavy (non-hydrogen) atoms. The summed E-state index contributed by atoms with van der Waals surface area (Å²) in [7, 11) is 0. The molecule has 0 aliphatic heterocycles. The molecule has 0 saturated heterocycles. The molecule has 3 nitrogen and oxygen atoms in total. The molecular formula is C12H13F2NO2. The van der Waals surface area contributed by atoms with Crippen LogP contribution < -0.4 is 10.1 Å². The van der Waals surface area contributed by atoms with Crippen molar-refractivity contribution in [1.29, 1.82) is 0 Å². The van der Waals surface area contributed by atoms with Gasteiger partial charge in [-0.05, 0) is 17.7 Å². The van der Waals surface area contributed by atoms with Crippen molar-refractivity contribution in [2.24, 2.45) is 0 Å². The minimum absolute atomic E-state index is 0.113. The Morgan fingerprint density at radius 1 is 1.53 bits per heavy atom. The molecule has 0 fully saturated rings. The Balaban J connectivity index is 2.56. The van der Waals surface area contributed by atoms with Crippen LogP contribution in [0, 0.1) is 0 Å². The first kappa shape index (κ1) is 13.2. The highest BCUT2D eigenvalue weighted by Gasteiger charge is 2.03. The standard InChI is InChI=1S/C12H13F2NO2/c1-9(16)15-7-3-5-10-4-2-6-11(8-10)17-12(13)14/h2-6,8,12H,7H2,1H3,(H,15,16). The number of carbonyl (C=O) groups is 1. The van der Waals surface area contributed by atoms with Gasteiger partial charge in [0.15, 0.2) is 0 Å². The van der Waals surface area contributed by atoms with Crippen LogP contribution in [0.4, 0.5) is 8.78 Å². The van der Waals surface area contributed by atoms with Crippen LogP contribution in [0.15, 0.2) is 30.3 Å². The van der Waals surface area contributed by atoms with Gasteiger partial charge in [-0.15, -0.1) is 0 Å². The second-order valence-electron chi connectivity index (χ2n) is 3.29. The molecule has 0 saturated carbocycles. The molecule has 0 heterocycles. The van der Waals surface area contributed by atoms with E-state index < -0.39 is 6.61 Å². The molecule has 0 radical (unpaired) electrons. The molecule has 0 atom stereocenters. The first-order valence-electron chi connectivity index (χ1n) is 5.04. The summed E-state index contributed by atoms with van der Waals surface area (Å²) in [5.41, 5.74) is 0.730. The predicted octanol–water partition coefficient (Wildman–Crippen LogP) is 2.44. The summed E-state index contributed by atoms with van der Waals surface area (Å²) >= 11 is 0. The molecule has 0 spiro atoms. The highest BCUT2D eigenvalue weighted by atomic mass is 19.3. The van der Waals surface area contributed by atoms with Crippen LogP contribution in [0.3, 0.4) is 0 Å². The maximum atomic E-state index is 12.0. The van der Waals surface area contributed by atoms with Crippen molar-refractivity contribution in [2.75, 3.05) is 6.54 Å². The summed E-state index contributed by atoms with van der Waals surface area (Å²) in [6, 6.07) is 6.33. The lowest BCUT2D eigenvalue weighted by molar-refractivity contribution is -0.118. The van der Waals surface area contributed by atoms with Crippen LogP contribution in [0.2, 0.25) is 0 Å². The summed E-state index contributed by atoms with van der Waals surface area (Å²) in [6.45, 7) is -1.01. The molecule has 0 aliphatic rings. The largest absolute Gasteiger partial charge is 0.435 e. The molecule has 5 heteroatoms. The van der Waals surface area contributed by atoms with Crippen LogP contribution in [-0.4, -0.2) is 19.1 Å². The van der Waals surface area contributed by atoms with E-state index in [1.165, 1.54) is 19.1 Å². The number of hydrogen-bond acceptors (Lipinski definition) is 2. The SMILES string of the molecule is CC(=O)NCC=Cc1cccc(OC(F)F)c1. The monoisotopic (exact) mass is 241 g/mol. The molecule has 92 valence electrons. The van der Waals surface area contributed by atoms with Gasteiger partial charge in [0.25, 0.3) is 0 Å². The van der Waals surface area contributed by atoms with Gasteiger partial charge >= 0.3 is 6.61 Å². The lowest BCUT2D eigenvalue weighted by Gasteiger charge is -2.04. The van der Waals surface area contributed by atoms with Crippen molar-refractivity contribution in [3.8, 4) is 5.75 Å². The van der Waals surface area contributed by atoms with Gasteiger partial charge in [-0.2, -0.15) is 8.78 Å². The van der Waals surface area contributed by atoms with E-state index in [0.29, 0.717) is 6.54 Å². The van der Waals surface area contributed by atoms with Crippen LogP contribution in [0.1, 0.15) is 12.5 Å². The van der Waals surface area contributed by atoms with Gasteiger partial charge in [0.05, 0.1) is 0 Å². The van der Waals surface area contributed by atoms with Crippen molar-refractivity contribution >= 4 is 12.0 Å². The number of hydrogen-bond donors (Lipinski definition) is 1. The van der Waals surface area contributed by atoms with E-state index in [2.05, 4.69) is 10.1 Å². The Bertz CT molecular complexity index is 405. The maximum Gasteiger partial charge on any atom is 0.387 e. The van der Waals surface area contributed by atoms with Crippen LogP contribution in [-0.2, 0) is 4.79 Å². The van der Waals surface area contributed by atoms with Crippen LogP contribution in [0.5, 0.6) is 5.75 Å². The van der Waals surface area contributed by atoms with E-state index in [-0.39, 0.29) is 11.7 Å². The first-order chi connectivity index (χ1) is 8.08. The number of nitrogens with one attached hydrogen (secondary N) is 1. The van der Waals surface area contributed by atoms with Crippen molar-refractivity contribution in [2.45, 2.75) is 13.5 Å². The summed E-state index contributed by atoms with van der Waals surface area (Å²) in [5, 5.41) is 2.59. The van der Waals surface area contributed by atoms with Crippen LogP contribution >= 0.6 is 0 Å². The second kappa shape index (κ2) is 6.62. The van der Waals surface area contributed by atoms with Gasteiger partial charge in [0.2, 0.25) is 5.91 Å². The third-order valence-electron chi connectivity index (χ3n) is 1.86. The fourth-order valence-corrected chi connectivity index (χ4v) is 1.19. The Morgan fingerprint density at radius 2 is 2.29 bits per heavy atom. The fourth-order valence-electron chi connectivity index (χ4n) is 1.19. The highest BCUT2D eigenvalue weighted by Crippen LogP contribution is 2.16. The highest BCUT2D eigenvalue weighted by molar-refractivity contribution is 5.73. The Labute approximate surface area is 98.1 Å². The number of halogens is 2. The zero-order chi connectivity index (χ0) is 12.7. The zero-order valence-corrected chi connectivity index (χ0v) is 9.32. The van der Waals surface area contributed by atoms with Crippen LogP contribution in [0.25, 0.3) is 6.08 Å². The molecule has 0 bridgehead atoms. The van der Waals surface area contributed by atoms with Crippen molar-refractivity contribution in [3.05, 3.63) is 35.9 Å². The number of benzene rings is 1. The minimum Gasteiger partial charge on any atom is -0.435 e. The van der Waals surface area contributed by atoms with Gasteiger partial charge in [-0.3, -0.25) is 4.79 Å². The van der Waals surface area contributed by atoms with Crippen molar-refractivity contribution in [3.63, 3.8) is 0 Å². The Hall–Kier alpha value is -1.91. The number of carbonyl (C=O) groups excluding carboxylic acids is 1. The third-order valence-corrected chi connectivity index (χ3v) is 1.86. The number of amides is 1. The fraction of sp³-hybridized carbons (Fsp3) is 0.250. The summed E-state index contributed by atoms with van der Waals surface area (Å²) < 4.78 is 28.2. The Kier molecular flexibility index (Phi) is 5.13. The van der Waals surface area contributed by atoms with E-state index in [1.807, 2.05) is 0 Å². The van der Waals surface area contributed by atoms with E-state index in [1.54, 1.807) is 24.3 Å². The molecule has 0 aliphatic carbocycles. The zero-order valence-electron chi connectivity index (χ0n) is 9.32. The number of ether oxygens (including phenoxy) is 1. The second-order valence-corrected chi connectivity index (χ2v) is 3.29. The molecule has 0 aromatic heterocycles. The molecule has 1 aromatic rings. The summed E-state index contributed by atoms with van der Waals surface area (Å²) in [4.78, 5) is 10.6. The van der Waals surface area contributed by atoms with E-state index in [0.717, 1.165) is 5.56 Å². The average molecular weight is 241 g/mol. The summed E-state index contributed by atoms with van der Waals surface area (Å²) in [6.07, 6.45) is 3.44. The predicted molar refractivity (Wildman–Crippen MR) is 60.8 cm³/mol. The van der Waals surface area contributed by atoms with E-state index >= 15 is 0 Å². The average Bonchev–Trinajstić information content (AvgIpc) is 2.24. The molecule has 0 unspecified atom stereocenters. The van der Waals surface area contributed by atoms with Gasteiger partial charge < -0.3 is 10.1 Å². The van der Waals surface area contributed by atoms with E-state index in [4.69, 9.17) is 0 Å². The lowest BCUT2D eigenvalue weighted by atomic mass is 10.2. The summed E-state index contributed by atoms with van der Waals surface area (Å²) in [5.74, 6) is -0.00823. The smallest absolute Gasteiger partial charge is 0.387 e. The van der Waals surface area contributed by atoms with Gasteiger partial charge in [-0.25, -0.2) is 0 Å². The third kappa shape index (κ3) is 5.65. The quantitative estimate of drug-likeness (QED) is 0.859. The molecule has 1 N–H and O–H groups in total. The normalized spacial score (nSPS) is 10.8.